The lowest BCUT2D eigenvalue weighted by Crippen LogP contribution is -2.56. The van der Waals surface area contributed by atoms with E-state index in [1.54, 1.807) is 23.9 Å². The summed E-state index contributed by atoms with van der Waals surface area (Å²) in [6.07, 6.45) is 2.35. The zero-order chi connectivity index (χ0) is 14.6. The van der Waals surface area contributed by atoms with E-state index in [4.69, 9.17) is 4.74 Å². The Bertz CT molecular complexity index is 515. The van der Waals surface area contributed by atoms with E-state index < -0.39 is 17.4 Å². The molecule has 1 fully saturated rings. The van der Waals surface area contributed by atoms with Crippen molar-refractivity contribution < 1.29 is 19.4 Å². The number of rotatable bonds is 4. The van der Waals surface area contributed by atoms with Gasteiger partial charge in [0.25, 0.3) is 5.91 Å². The monoisotopic (exact) mass is 296 g/mol. The molecular formula is C13H16N2O4S. The second-order valence-corrected chi connectivity index (χ2v) is 5.74. The van der Waals surface area contributed by atoms with Gasteiger partial charge >= 0.3 is 5.97 Å². The highest BCUT2D eigenvalue weighted by atomic mass is 32.2. The molecule has 2 rings (SSSR count). The molecule has 108 valence electrons. The first-order valence-corrected chi connectivity index (χ1v) is 7.37. The smallest absolute Gasteiger partial charge is 0.329 e. The van der Waals surface area contributed by atoms with Gasteiger partial charge in [-0.1, -0.05) is 0 Å². The molecule has 1 aliphatic rings. The highest BCUT2D eigenvalue weighted by Gasteiger charge is 2.41. The second-order valence-electron chi connectivity index (χ2n) is 4.51. The van der Waals surface area contributed by atoms with Crippen LogP contribution in [0.3, 0.4) is 0 Å². The summed E-state index contributed by atoms with van der Waals surface area (Å²) < 4.78 is 5.03. The van der Waals surface area contributed by atoms with E-state index in [-0.39, 0.29) is 11.4 Å². The molecule has 0 radical (unpaired) electrons. The van der Waals surface area contributed by atoms with E-state index in [0.717, 1.165) is 11.5 Å². The molecular weight excluding hydrogens is 280 g/mol. The number of pyridine rings is 1. The first kappa shape index (κ1) is 14.6. The number of aromatic nitrogens is 1. The van der Waals surface area contributed by atoms with Crippen LogP contribution >= 0.6 is 11.8 Å². The van der Waals surface area contributed by atoms with E-state index in [0.29, 0.717) is 12.8 Å². The summed E-state index contributed by atoms with van der Waals surface area (Å²) in [4.78, 5) is 27.8. The third-order valence-electron chi connectivity index (χ3n) is 3.32. The summed E-state index contributed by atoms with van der Waals surface area (Å²) in [5.74, 6) is 0.169. The number of aliphatic carboxylic acids is 1. The number of ether oxygens (including phenoxy) is 1. The van der Waals surface area contributed by atoms with Gasteiger partial charge in [0.2, 0.25) is 5.88 Å². The molecule has 1 aliphatic heterocycles. The van der Waals surface area contributed by atoms with Crippen LogP contribution in [0, 0.1) is 0 Å². The number of nitrogens with one attached hydrogen (secondary N) is 1. The lowest BCUT2D eigenvalue weighted by Gasteiger charge is -2.33. The SMILES string of the molecule is COc1ncccc1C(=O)NC1(C(=O)O)CCSCC1. The van der Waals surface area contributed by atoms with Crippen LogP contribution in [-0.4, -0.2) is 46.1 Å². The molecule has 1 amide bonds. The topological polar surface area (TPSA) is 88.5 Å². The number of methoxy groups -OCH3 is 1. The molecule has 1 saturated heterocycles. The second kappa shape index (κ2) is 6.13. The van der Waals surface area contributed by atoms with E-state index in [2.05, 4.69) is 10.3 Å². The quantitative estimate of drug-likeness (QED) is 0.867. The molecule has 1 aromatic heterocycles. The van der Waals surface area contributed by atoms with Gasteiger partial charge in [-0.15, -0.1) is 0 Å². The van der Waals surface area contributed by atoms with Crippen LogP contribution in [0.25, 0.3) is 0 Å². The largest absolute Gasteiger partial charge is 0.480 e. The Hall–Kier alpha value is -1.76. The Labute approximate surface area is 120 Å². The number of carbonyl (C=O) groups excluding carboxylic acids is 1. The summed E-state index contributed by atoms with van der Waals surface area (Å²) in [5, 5.41) is 12.1. The van der Waals surface area contributed by atoms with Gasteiger partial charge in [0, 0.05) is 6.20 Å². The fourth-order valence-corrected chi connectivity index (χ4v) is 3.31. The number of amides is 1. The molecule has 1 aromatic rings. The summed E-state index contributed by atoms with van der Waals surface area (Å²) in [7, 11) is 1.42. The summed E-state index contributed by atoms with van der Waals surface area (Å²) in [6.45, 7) is 0. The Balaban J connectivity index is 2.22. The third kappa shape index (κ3) is 2.87. The van der Waals surface area contributed by atoms with Crippen molar-refractivity contribution >= 4 is 23.6 Å². The Morgan fingerprint density at radius 3 is 2.75 bits per heavy atom. The maximum Gasteiger partial charge on any atom is 0.329 e. The molecule has 0 atom stereocenters. The maximum atomic E-state index is 12.3. The average Bonchev–Trinajstić information content (AvgIpc) is 2.48. The number of carboxylic acids is 1. The maximum absolute atomic E-state index is 12.3. The summed E-state index contributed by atoms with van der Waals surface area (Å²) in [5.41, 5.74) is -0.947. The van der Waals surface area contributed by atoms with Gasteiger partial charge in [0.15, 0.2) is 0 Å². The molecule has 2 N–H and O–H groups in total. The zero-order valence-corrected chi connectivity index (χ0v) is 11.9. The number of carboxylic acid groups (broad SMARTS) is 1. The van der Waals surface area contributed by atoms with Crippen molar-refractivity contribution in [3.8, 4) is 5.88 Å². The average molecular weight is 296 g/mol. The number of hydrogen-bond acceptors (Lipinski definition) is 5. The number of thioether (sulfide) groups is 1. The Kier molecular flexibility index (Phi) is 4.49. The van der Waals surface area contributed by atoms with Crippen molar-refractivity contribution in [2.45, 2.75) is 18.4 Å². The van der Waals surface area contributed by atoms with Gasteiger partial charge in [0.1, 0.15) is 11.1 Å². The molecule has 0 bridgehead atoms. The molecule has 7 heteroatoms. The van der Waals surface area contributed by atoms with Crippen molar-refractivity contribution in [3.05, 3.63) is 23.9 Å². The van der Waals surface area contributed by atoms with Crippen molar-refractivity contribution in [2.24, 2.45) is 0 Å². The minimum Gasteiger partial charge on any atom is -0.480 e. The predicted octanol–water partition coefficient (Wildman–Crippen LogP) is 1.17. The van der Waals surface area contributed by atoms with Crippen molar-refractivity contribution in [1.82, 2.24) is 10.3 Å². The molecule has 0 spiro atoms. The zero-order valence-electron chi connectivity index (χ0n) is 11.1. The van der Waals surface area contributed by atoms with Crippen LogP contribution in [0.1, 0.15) is 23.2 Å². The normalized spacial score (nSPS) is 17.2. The lowest BCUT2D eigenvalue weighted by molar-refractivity contribution is -0.144. The minimum absolute atomic E-state index is 0.190. The van der Waals surface area contributed by atoms with Crippen LogP contribution in [0.2, 0.25) is 0 Å². The highest BCUT2D eigenvalue weighted by molar-refractivity contribution is 7.99. The predicted molar refractivity (Wildman–Crippen MR) is 75.2 cm³/mol. The summed E-state index contributed by atoms with van der Waals surface area (Å²) in [6, 6.07) is 3.18. The van der Waals surface area contributed by atoms with Crippen molar-refractivity contribution in [3.63, 3.8) is 0 Å². The van der Waals surface area contributed by atoms with Gasteiger partial charge in [-0.25, -0.2) is 9.78 Å². The molecule has 0 aromatic carbocycles. The molecule has 0 unspecified atom stereocenters. The van der Waals surface area contributed by atoms with Crippen LogP contribution in [0.5, 0.6) is 5.88 Å². The molecule has 6 nitrogen and oxygen atoms in total. The van der Waals surface area contributed by atoms with Crippen molar-refractivity contribution in [1.29, 1.82) is 0 Å². The molecule has 0 saturated carbocycles. The number of carbonyl (C=O) groups is 2. The third-order valence-corrected chi connectivity index (χ3v) is 4.30. The van der Waals surface area contributed by atoms with Gasteiger partial charge in [-0.3, -0.25) is 4.79 Å². The standard InChI is InChI=1S/C13H16N2O4S/c1-19-11-9(3-2-6-14-11)10(16)15-13(12(17)18)4-7-20-8-5-13/h2-3,6H,4-5,7-8H2,1H3,(H,15,16)(H,17,18). The Morgan fingerprint density at radius 2 is 2.15 bits per heavy atom. The minimum atomic E-state index is -1.19. The van der Waals surface area contributed by atoms with Crippen LogP contribution in [0.15, 0.2) is 18.3 Å². The lowest BCUT2D eigenvalue weighted by atomic mass is 9.92. The van der Waals surface area contributed by atoms with Gasteiger partial charge in [-0.2, -0.15) is 11.8 Å². The Morgan fingerprint density at radius 1 is 1.45 bits per heavy atom. The first-order valence-electron chi connectivity index (χ1n) is 6.22. The van der Waals surface area contributed by atoms with Gasteiger partial charge in [-0.05, 0) is 36.5 Å². The van der Waals surface area contributed by atoms with Gasteiger partial charge < -0.3 is 15.2 Å². The molecule has 2 heterocycles. The van der Waals surface area contributed by atoms with E-state index in [1.807, 2.05) is 0 Å². The van der Waals surface area contributed by atoms with E-state index >= 15 is 0 Å². The molecule has 20 heavy (non-hydrogen) atoms. The molecule has 0 aliphatic carbocycles. The summed E-state index contributed by atoms with van der Waals surface area (Å²) >= 11 is 1.69. The van der Waals surface area contributed by atoms with Crippen molar-refractivity contribution in [2.75, 3.05) is 18.6 Å². The van der Waals surface area contributed by atoms with E-state index in [1.165, 1.54) is 13.3 Å². The number of hydrogen-bond donors (Lipinski definition) is 2. The highest BCUT2D eigenvalue weighted by Crippen LogP contribution is 2.28. The van der Waals surface area contributed by atoms with Crippen LogP contribution in [-0.2, 0) is 4.79 Å². The number of nitrogens with zero attached hydrogens (tertiary/aromatic N) is 1. The van der Waals surface area contributed by atoms with Crippen LogP contribution in [0.4, 0.5) is 0 Å². The fourth-order valence-electron chi connectivity index (χ4n) is 2.12. The van der Waals surface area contributed by atoms with Crippen LogP contribution < -0.4 is 10.1 Å². The van der Waals surface area contributed by atoms with E-state index in [9.17, 15) is 14.7 Å². The van der Waals surface area contributed by atoms with Gasteiger partial charge in [0.05, 0.1) is 7.11 Å². The fraction of sp³-hybridized carbons (Fsp3) is 0.462. The first-order chi connectivity index (χ1) is 9.59.